The van der Waals surface area contributed by atoms with Gasteiger partial charge < -0.3 is 38.5 Å². The predicted molar refractivity (Wildman–Crippen MR) is 393 cm³/mol. The molecule has 0 radical (unpaired) electrons. The summed E-state index contributed by atoms with van der Waals surface area (Å²) in [7, 11) is 16.4. The first-order valence-corrected chi connectivity index (χ1v) is 36.4. The van der Waals surface area contributed by atoms with E-state index >= 15 is 0 Å². The summed E-state index contributed by atoms with van der Waals surface area (Å²) in [5.74, 6) is 6.28. The minimum absolute atomic E-state index is 0.256. The van der Waals surface area contributed by atoms with Gasteiger partial charge >= 0.3 is 0 Å². The van der Waals surface area contributed by atoms with Crippen molar-refractivity contribution in [3.63, 3.8) is 0 Å². The lowest BCUT2D eigenvalue weighted by Crippen LogP contribution is -2.14. The first kappa shape index (κ1) is 81.0. The fourth-order valence-electron chi connectivity index (χ4n) is 12.0. The van der Waals surface area contributed by atoms with Crippen LogP contribution < -0.4 is 18.9 Å². The Balaban J connectivity index is 2.10. The SMILES string of the molecule is CCc1cc(CCC(=O)CCCN(C)C)cc(Cc2cc(CCC(=O)CCCN(C)C)cc(Cc3cc(CCC(=O)CCCN(C)C)cc(Cc4cc(CCC(=O)CCCN(C)C)cc(C)c4OCCC(C)C)c3OCCC(C)C)c2OCCC(C)C)c1OCCC(C)C. The molecule has 0 bridgehead atoms. The molecule has 12 heteroatoms. The summed E-state index contributed by atoms with van der Waals surface area (Å²) < 4.78 is 28.3. The Morgan fingerprint density at radius 1 is 0.330 bits per heavy atom. The smallest absolute Gasteiger partial charge is 0.133 e. The maximum absolute atomic E-state index is 13.9. The molecule has 0 aliphatic heterocycles. The second-order valence-electron chi connectivity index (χ2n) is 29.9. The van der Waals surface area contributed by atoms with Gasteiger partial charge in [-0.3, -0.25) is 19.2 Å². The van der Waals surface area contributed by atoms with Crippen LogP contribution in [0.2, 0.25) is 0 Å². The topological polar surface area (TPSA) is 118 Å². The van der Waals surface area contributed by atoms with E-state index in [0.717, 1.165) is 174 Å². The van der Waals surface area contributed by atoms with Crippen LogP contribution in [-0.4, -0.2) is 152 Å². The number of aryl methyl sites for hydroxylation is 6. The summed E-state index contributed by atoms with van der Waals surface area (Å²) in [6.07, 6.45) is 15.6. The van der Waals surface area contributed by atoms with Crippen LogP contribution >= 0.6 is 0 Å². The van der Waals surface area contributed by atoms with E-state index in [1.54, 1.807) is 0 Å². The molecule has 4 aromatic carbocycles. The molecule has 4 aromatic rings. The molecule has 12 nitrogen and oxygen atoms in total. The molecule has 94 heavy (non-hydrogen) atoms. The molecule has 4 rings (SSSR count). The molecule has 0 spiro atoms. The van der Waals surface area contributed by atoms with E-state index in [0.29, 0.717) is 146 Å². The molecular formula is C82H130N4O8. The highest BCUT2D eigenvalue weighted by Crippen LogP contribution is 2.40. The van der Waals surface area contributed by atoms with E-state index in [9.17, 15) is 19.2 Å². The molecule has 0 unspecified atom stereocenters. The number of nitrogens with zero attached hydrogens (tertiary/aromatic N) is 4. The Bertz CT molecular complexity index is 2920. The number of ketones is 4. The van der Waals surface area contributed by atoms with Gasteiger partial charge in [0.25, 0.3) is 0 Å². The molecule has 0 saturated carbocycles. The molecule has 0 aliphatic rings. The minimum Gasteiger partial charge on any atom is -0.493 e. The Morgan fingerprint density at radius 3 is 0.798 bits per heavy atom. The summed E-state index contributed by atoms with van der Waals surface area (Å²) in [6.45, 7) is 27.9. The van der Waals surface area contributed by atoms with Gasteiger partial charge in [-0.1, -0.05) is 111 Å². The Labute approximate surface area is 572 Å². The summed E-state index contributed by atoms with van der Waals surface area (Å²) in [5, 5.41) is 0. The molecule has 0 saturated heterocycles. The zero-order valence-corrected chi connectivity index (χ0v) is 62.6. The van der Waals surface area contributed by atoms with Crippen LogP contribution in [0, 0.1) is 30.6 Å². The van der Waals surface area contributed by atoms with E-state index < -0.39 is 0 Å². The van der Waals surface area contributed by atoms with Crippen molar-refractivity contribution in [1.29, 1.82) is 0 Å². The standard InChI is InChI=1S/C82H130N4O8/c1-19-68-49-65(29-33-76(88)25-21-41-84(13)14)51-70(80(68)92-45-37-60(4)5)57-72-53-67(31-35-78(90)27-23-43-86(17)18)55-74(82(72)94-47-39-62(8)9)58-73-54-66(30-34-77(89)26-22-42-85(15)16)52-71(81(73)93-46-38-61(6)7)56-69-50-64(28-32-75(87)24-20-40-83(11)12)48-63(10)79(69)91-44-36-59(2)3/h48-55,59-62H,19-47,56-58H2,1-18H3. The van der Waals surface area contributed by atoms with Crippen LogP contribution in [0.3, 0.4) is 0 Å². The lowest BCUT2D eigenvalue weighted by atomic mass is 9.88. The van der Waals surface area contributed by atoms with Gasteiger partial charge in [-0.2, -0.15) is 0 Å². The first-order chi connectivity index (χ1) is 44.7. The maximum Gasteiger partial charge on any atom is 0.133 e. The summed E-state index contributed by atoms with van der Waals surface area (Å²) in [6, 6.07) is 18.2. The van der Waals surface area contributed by atoms with Crippen LogP contribution in [0.1, 0.15) is 232 Å². The van der Waals surface area contributed by atoms with Crippen LogP contribution in [0.15, 0.2) is 48.5 Å². The molecule has 0 N–H and O–H groups in total. The van der Waals surface area contributed by atoms with Crippen molar-refractivity contribution in [3.8, 4) is 23.0 Å². The number of ether oxygens (including phenoxy) is 4. The zero-order valence-electron chi connectivity index (χ0n) is 62.6. The lowest BCUT2D eigenvalue weighted by molar-refractivity contribution is -0.120. The minimum atomic E-state index is 0.256. The van der Waals surface area contributed by atoms with Crippen molar-refractivity contribution in [2.75, 3.05) is 109 Å². The van der Waals surface area contributed by atoms with E-state index in [4.69, 9.17) is 18.9 Å². The monoisotopic (exact) mass is 1300 g/mol. The number of hydrogen-bond donors (Lipinski definition) is 0. The van der Waals surface area contributed by atoms with Gasteiger partial charge in [-0.25, -0.2) is 0 Å². The van der Waals surface area contributed by atoms with Crippen LogP contribution in [0.25, 0.3) is 0 Å². The summed E-state index contributed by atoms with van der Waals surface area (Å²) in [5.41, 5.74) is 12.8. The van der Waals surface area contributed by atoms with Gasteiger partial charge in [0.2, 0.25) is 0 Å². The number of Topliss-reactive ketones (excluding diaryl/α,β-unsaturated/α-hetero) is 4. The molecule has 0 atom stereocenters. The van der Waals surface area contributed by atoms with Gasteiger partial charge in [0.05, 0.1) is 26.4 Å². The van der Waals surface area contributed by atoms with E-state index in [1.807, 2.05) is 14.1 Å². The average molecular weight is 1300 g/mol. The van der Waals surface area contributed by atoms with Crippen molar-refractivity contribution in [1.82, 2.24) is 19.6 Å². The second kappa shape index (κ2) is 43.7. The zero-order chi connectivity index (χ0) is 69.3. The van der Waals surface area contributed by atoms with Crippen LogP contribution in [0.5, 0.6) is 23.0 Å². The van der Waals surface area contributed by atoms with E-state index in [1.165, 1.54) is 0 Å². The normalized spacial score (nSPS) is 11.9. The molecule has 526 valence electrons. The first-order valence-electron chi connectivity index (χ1n) is 36.4. The third kappa shape index (κ3) is 32.1. The number of benzene rings is 4. The average Bonchev–Trinajstić information content (AvgIpc) is 0.791. The fourth-order valence-corrected chi connectivity index (χ4v) is 12.0. The number of rotatable bonds is 51. The van der Waals surface area contributed by atoms with Crippen molar-refractivity contribution >= 4 is 23.1 Å². The van der Waals surface area contributed by atoms with Gasteiger partial charge in [-0.05, 0) is 263 Å². The third-order valence-corrected chi connectivity index (χ3v) is 17.6. The third-order valence-electron chi connectivity index (χ3n) is 17.6. The quantitative estimate of drug-likeness (QED) is 0.0419. The van der Waals surface area contributed by atoms with Crippen LogP contribution in [0.4, 0.5) is 0 Å². The predicted octanol–water partition coefficient (Wildman–Crippen LogP) is 16.4. The molecular weight excluding hydrogens is 1170 g/mol. The van der Waals surface area contributed by atoms with E-state index in [-0.39, 0.29) is 23.1 Å². The van der Waals surface area contributed by atoms with Crippen molar-refractivity contribution in [2.24, 2.45) is 23.7 Å². The van der Waals surface area contributed by atoms with Crippen molar-refractivity contribution in [2.45, 2.75) is 223 Å². The molecule has 0 aromatic heterocycles. The second-order valence-corrected chi connectivity index (χ2v) is 29.9. The highest BCUT2D eigenvalue weighted by molar-refractivity contribution is 5.80. The largest absolute Gasteiger partial charge is 0.493 e. The Kier molecular flexibility index (Phi) is 37.7. The van der Waals surface area contributed by atoms with Crippen molar-refractivity contribution < 1.29 is 38.1 Å². The van der Waals surface area contributed by atoms with E-state index in [2.05, 4.69) is 180 Å². The van der Waals surface area contributed by atoms with Gasteiger partial charge in [0.1, 0.15) is 46.1 Å². The molecule has 0 aliphatic carbocycles. The summed E-state index contributed by atoms with van der Waals surface area (Å²) in [4.78, 5) is 63.1. The molecule has 0 heterocycles. The van der Waals surface area contributed by atoms with Gasteiger partial charge in [0, 0.05) is 70.6 Å². The van der Waals surface area contributed by atoms with Crippen molar-refractivity contribution in [3.05, 3.63) is 115 Å². The highest BCUT2D eigenvalue weighted by atomic mass is 16.5. The Morgan fingerprint density at radius 2 is 0.553 bits per heavy atom. The lowest BCUT2D eigenvalue weighted by Gasteiger charge is -2.24. The maximum atomic E-state index is 13.9. The Hall–Kier alpha value is -5.40. The molecule has 0 amide bonds. The number of carbonyl (C=O) groups excluding carboxylic acids is 4. The number of hydrogen-bond acceptors (Lipinski definition) is 12. The molecule has 0 fully saturated rings. The van der Waals surface area contributed by atoms with Gasteiger partial charge in [-0.15, -0.1) is 0 Å². The highest BCUT2D eigenvalue weighted by Gasteiger charge is 2.24. The summed E-state index contributed by atoms with van der Waals surface area (Å²) >= 11 is 0. The van der Waals surface area contributed by atoms with Gasteiger partial charge in [0.15, 0.2) is 0 Å². The fraction of sp³-hybridized carbons (Fsp3) is 0.659. The van der Waals surface area contributed by atoms with Crippen LogP contribution in [-0.2, 0) is 70.5 Å². The number of carbonyl (C=O) groups is 4.